The molecule has 1 fully saturated rings. The second-order valence-electron chi connectivity index (χ2n) is 5.94. The van der Waals surface area contributed by atoms with Gasteiger partial charge in [0.15, 0.2) is 0 Å². The molecule has 140 valence electrons. The minimum absolute atomic E-state index is 0.0199. The zero-order valence-electron chi connectivity index (χ0n) is 14.0. The van der Waals surface area contributed by atoms with Crippen LogP contribution >= 0.6 is 0 Å². The van der Waals surface area contributed by atoms with Crippen molar-refractivity contribution in [1.29, 1.82) is 0 Å². The molecule has 1 amide bonds. The summed E-state index contributed by atoms with van der Waals surface area (Å²) in [4.78, 5) is 30.2. The molecule has 3 rings (SSSR count). The Labute approximate surface area is 151 Å². The van der Waals surface area contributed by atoms with E-state index >= 15 is 0 Å². The lowest BCUT2D eigenvalue weighted by Crippen LogP contribution is -2.50. The number of carbonyl (C=O) groups excluding carboxylic acids is 1. The van der Waals surface area contributed by atoms with Gasteiger partial charge in [-0.05, 0) is 11.6 Å². The van der Waals surface area contributed by atoms with E-state index in [4.69, 9.17) is 6.57 Å². The van der Waals surface area contributed by atoms with Crippen molar-refractivity contribution in [2.24, 2.45) is 0 Å². The molecule has 1 aromatic carbocycles. The highest BCUT2D eigenvalue weighted by atomic mass is 19.4. The van der Waals surface area contributed by atoms with Crippen LogP contribution in [0.15, 0.2) is 35.3 Å². The largest absolute Gasteiger partial charge is 0.416 e. The third-order valence-electron chi connectivity index (χ3n) is 4.27. The molecule has 0 saturated carbocycles. The first-order valence-corrected chi connectivity index (χ1v) is 7.94. The van der Waals surface area contributed by atoms with Crippen LogP contribution in [-0.2, 0) is 17.5 Å². The van der Waals surface area contributed by atoms with E-state index in [-0.39, 0.29) is 43.1 Å². The number of piperazine rings is 1. The fraction of sp³-hybridized carbons (Fsp3) is 0.294. The standard InChI is InChI=1S/C17H14F3N5O2/c1-21-15-13(8-22-23-16(15)27)24-6-7-25(14(26)10-24)9-11-4-2-3-5-12(11)17(18,19)20/h2-5,8H,6-7,9-10H2,(H,23,27). The molecule has 1 aliphatic heterocycles. The third-order valence-corrected chi connectivity index (χ3v) is 4.27. The smallest absolute Gasteiger partial charge is 0.368 e. The zero-order chi connectivity index (χ0) is 19.6. The number of carbonyl (C=O) groups is 1. The van der Waals surface area contributed by atoms with Gasteiger partial charge in [-0.25, -0.2) is 4.85 Å². The number of hydrogen-bond donors (Lipinski definition) is 1. The number of nitrogens with one attached hydrogen (secondary N) is 1. The van der Waals surface area contributed by atoms with E-state index in [0.29, 0.717) is 0 Å². The van der Waals surface area contributed by atoms with Crippen LogP contribution in [-0.4, -0.2) is 40.6 Å². The summed E-state index contributed by atoms with van der Waals surface area (Å²) in [5.74, 6) is -0.394. The van der Waals surface area contributed by atoms with Crippen LogP contribution in [0.5, 0.6) is 0 Å². The van der Waals surface area contributed by atoms with Crippen LogP contribution in [0.3, 0.4) is 0 Å². The number of aromatic nitrogens is 2. The lowest BCUT2D eigenvalue weighted by Gasteiger charge is -2.36. The highest BCUT2D eigenvalue weighted by Crippen LogP contribution is 2.33. The first-order valence-electron chi connectivity index (χ1n) is 7.94. The Balaban J connectivity index is 1.78. The van der Waals surface area contributed by atoms with E-state index in [1.807, 2.05) is 0 Å². The van der Waals surface area contributed by atoms with Gasteiger partial charge >= 0.3 is 6.18 Å². The van der Waals surface area contributed by atoms with E-state index in [2.05, 4.69) is 15.0 Å². The summed E-state index contributed by atoms with van der Waals surface area (Å²) in [6.45, 7) is 7.23. The highest BCUT2D eigenvalue weighted by molar-refractivity contribution is 5.84. The van der Waals surface area contributed by atoms with Gasteiger partial charge in [-0.2, -0.15) is 18.3 Å². The molecule has 1 saturated heterocycles. The van der Waals surface area contributed by atoms with Gasteiger partial charge < -0.3 is 9.80 Å². The maximum atomic E-state index is 13.1. The maximum Gasteiger partial charge on any atom is 0.416 e. The van der Waals surface area contributed by atoms with Crippen LogP contribution < -0.4 is 10.5 Å². The van der Waals surface area contributed by atoms with E-state index in [9.17, 15) is 22.8 Å². The number of halogens is 3. The molecule has 0 bridgehead atoms. The Bertz CT molecular complexity index is 964. The summed E-state index contributed by atoms with van der Waals surface area (Å²) in [6.07, 6.45) is -3.21. The van der Waals surface area contributed by atoms with Gasteiger partial charge in [0.25, 0.3) is 11.2 Å². The van der Waals surface area contributed by atoms with Crippen LogP contribution in [0.1, 0.15) is 11.1 Å². The minimum atomic E-state index is -4.50. The molecule has 2 heterocycles. The first kappa shape index (κ1) is 18.4. The molecule has 0 spiro atoms. The molecule has 10 heteroatoms. The number of H-pyrrole nitrogens is 1. The van der Waals surface area contributed by atoms with Gasteiger partial charge in [-0.3, -0.25) is 14.7 Å². The molecule has 2 aromatic rings. The van der Waals surface area contributed by atoms with Crippen molar-refractivity contribution in [3.05, 3.63) is 63.4 Å². The summed E-state index contributed by atoms with van der Waals surface area (Å²) in [5, 5.41) is 5.80. The van der Waals surface area contributed by atoms with Gasteiger partial charge in [0, 0.05) is 19.6 Å². The quantitative estimate of drug-likeness (QED) is 0.833. The second-order valence-corrected chi connectivity index (χ2v) is 5.94. The summed E-state index contributed by atoms with van der Waals surface area (Å²) in [6, 6.07) is 5.13. The molecule has 0 aliphatic carbocycles. The van der Waals surface area contributed by atoms with Crippen LogP contribution in [0.2, 0.25) is 0 Å². The van der Waals surface area contributed by atoms with Gasteiger partial charge in [0.2, 0.25) is 5.91 Å². The fourth-order valence-electron chi connectivity index (χ4n) is 2.94. The average Bonchev–Trinajstić information content (AvgIpc) is 2.63. The van der Waals surface area contributed by atoms with E-state index in [0.717, 1.165) is 6.07 Å². The Morgan fingerprint density at radius 1 is 1.22 bits per heavy atom. The molecule has 0 radical (unpaired) electrons. The molecule has 1 N–H and O–H groups in total. The summed E-state index contributed by atoms with van der Waals surface area (Å²) in [5.41, 5.74) is -1.34. The van der Waals surface area contributed by atoms with E-state index < -0.39 is 23.2 Å². The van der Waals surface area contributed by atoms with Gasteiger partial charge in [0.1, 0.15) is 0 Å². The molecule has 1 aliphatic rings. The van der Waals surface area contributed by atoms with Crippen LogP contribution in [0, 0.1) is 6.57 Å². The molecule has 27 heavy (non-hydrogen) atoms. The Morgan fingerprint density at radius 3 is 2.63 bits per heavy atom. The molecule has 1 aromatic heterocycles. The van der Waals surface area contributed by atoms with Crippen LogP contribution in [0.4, 0.5) is 24.5 Å². The van der Waals surface area contributed by atoms with Crippen LogP contribution in [0.25, 0.3) is 4.85 Å². The Hall–Kier alpha value is -3.35. The highest BCUT2D eigenvalue weighted by Gasteiger charge is 2.34. The van der Waals surface area contributed by atoms with Crippen molar-refractivity contribution in [1.82, 2.24) is 15.1 Å². The van der Waals surface area contributed by atoms with Crippen molar-refractivity contribution < 1.29 is 18.0 Å². The number of hydrogen-bond acceptors (Lipinski definition) is 4. The number of anilines is 1. The van der Waals surface area contributed by atoms with Gasteiger partial charge in [-0.15, -0.1) is 0 Å². The van der Waals surface area contributed by atoms with Gasteiger partial charge in [0.05, 0.1) is 30.6 Å². The molecular weight excluding hydrogens is 363 g/mol. The van der Waals surface area contributed by atoms with Crippen molar-refractivity contribution in [2.45, 2.75) is 12.7 Å². The number of nitrogens with zero attached hydrogens (tertiary/aromatic N) is 4. The number of rotatable bonds is 3. The topological polar surface area (TPSA) is 73.7 Å². The molecule has 0 atom stereocenters. The third kappa shape index (κ3) is 3.76. The van der Waals surface area contributed by atoms with Crippen molar-refractivity contribution in [3.8, 4) is 0 Å². The first-order chi connectivity index (χ1) is 12.8. The molecular formula is C17H14F3N5O2. The van der Waals surface area contributed by atoms with E-state index in [1.165, 1.54) is 34.2 Å². The number of amides is 1. The lowest BCUT2D eigenvalue weighted by molar-refractivity contribution is -0.140. The summed E-state index contributed by atoms with van der Waals surface area (Å²) >= 11 is 0. The summed E-state index contributed by atoms with van der Waals surface area (Å²) in [7, 11) is 0. The van der Waals surface area contributed by atoms with E-state index in [1.54, 1.807) is 0 Å². The average molecular weight is 377 g/mol. The number of alkyl halides is 3. The SMILES string of the molecule is [C-]#[N+]c1c(N2CCN(Cc3ccccc3C(F)(F)F)C(=O)C2)cn[nH]c1=O. The monoisotopic (exact) mass is 377 g/mol. The zero-order valence-corrected chi connectivity index (χ0v) is 14.0. The number of benzene rings is 1. The predicted molar refractivity (Wildman–Crippen MR) is 90.2 cm³/mol. The second kappa shape index (κ2) is 7.11. The molecule has 0 unspecified atom stereocenters. The minimum Gasteiger partial charge on any atom is -0.368 e. The van der Waals surface area contributed by atoms with Crippen molar-refractivity contribution in [2.75, 3.05) is 24.5 Å². The maximum absolute atomic E-state index is 13.1. The summed E-state index contributed by atoms with van der Waals surface area (Å²) < 4.78 is 39.4. The van der Waals surface area contributed by atoms with Gasteiger partial charge in [-0.1, -0.05) is 18.2 Å². The number of aromatic amines is 1. The Morgan fingerprint density at radius 2 is 1.96 bits per heavy atom. The van der Waals surface area contributed by atoms with Crippen molar-refractivity contribution >= 4 is 17.3 Å². The van der Waals surface area contributed by atoms with Crippen molar-refractivity contribution in [3.63, 3.8) is 0 Å². The lowest BCUT2D eigenvalue weighted by atomic mass is 10.1. The normalized spacial score (nSPS) is 15.0. The fourth-order valence-corrected chi connectivity index (χ4v) is 2.94. The molecule has 7 nitrogen and oxygen atoms in total. The Kier molecular flexibility index (Phi) is 4.85. The predicted octanol–water partition coefficient (Wildman–Crippen LogP) is 2.19.